The molecule has 0 radical (unpaired) electrons. The maximum absolute atomic E-state index is 12.0. The number of alkyl carbamates (subject to hydrolysis) is 1. The standard InChI is InChI=1S/C17H15N3O5/c21-15-13(19-17(24)25-9-10-4-2-1-3-5-10)7-11-6-12(16(22)23)8-18-14(11)20-15/h1-6,8,13H,7,9H2,(H,19,24)(H,22,23)(H,18,20,21). The van der Waals surface area contributed by atoms with Gasteiger partial charge in [0.1, 0.15) is 18.5 Å². The van der Waals surface area contributed by atoms with E-state index in [9.17, 15) is 14.4 Å². The normalized spacial score (nSPS) is 15.7. The molecule has 2 amide bonds. The molecule has 1 aromatic carbocycles. The Labute approximate surface area is 142 Å². The van der Waals surface area contributed by atoms with E-state index in [1.54, 1.807) is 0 Å². The van der Waals surface area contributed by atoms with Crippen LogP contribution in [0, 0.1) is 0 Å². The van der Waals surface area contributed by atoms with Crippen LogP contribution in [0.3, 0.4) is 0 Å². The molecule has 0 saturated heterocycles. The number of carbonyl (C=O) groups excluding carboxylic acids is 2. The highest BCUT2D eigenvalue weighted by atomic mass is 16.5. The van der Waals surface area contributed by atoms with Gasteiger partial charge in [0.05, 0.1) is 5.56 Å². The number of hydrogen-bond donors (Lipinski definition) is 3. The third-order valence-electron chi connectivity index (χ3n) is 3.70. The van der Waals surface area contributed by atoms with Crippen molar-refractivity contribution in [3.8, 4) is 0 Å². The van der Waals surface area contributed by atoms with Crippen LogP contribution in [0.1, 0.15) is 21.5 Å². The van der Waals surface area contributed by atoms with Crippen molar-refractivity contribution in [2.75, 3.05) is 5.32 Å². The second-order valence-corrected chi connectivity index (χ2v) is 5.49. The van der Waals surface area contributed by atoms with Gasteiger partial charge in [0.25, 0.3) is 0 Å². The minimum absolute atomic E-state index is 0.0142. The lowest BCUT2D eigenvalue weighted by Gasteiger charge is -2.24. The average Bonchev–Trinajstić information content (AvgIpc) is 2.61. The number of aromatic nitrogens is 1. The zero-order chi connectivity index (χ0) is 17.8. The van der Waals surface area contributed by atoms with Gasteiger partial charge in [-0.3, -0.25) is 4.79 Å². The van der Waals surface area contributed by atoms with Crippen molar-refractivity contribution in [3.63, 3.8) is 0 Å². The van der Waals surface area contributed by atoms with Crippen molar-refractivity contribution < 1.29 is 24.2 Å². The molecule has 3 rings (SSSR count). The maximum Gasteiger partial charge on any atom is 0.408 e. The van der Waals surface area contributed by atoms with Crippen molar-refractivity contribution in [3.05, 3.63) is 59.3 Å². The molecule has 0 aliphatic carbocycles. The first kappa shape index (κ1) is 16.4. The molecule has 1 aliphatic heterocycles. The van der Waals surface area contributed by atoms with Gasteiger partial charge in [-0.2, -0.15) is 0 Å². The number of fused-ring (bicyclic) bond motifs is 1. The number of rotatable bonds is 4. The second-order valence-electron chi connectivity index (χ2n) is 5.49. The smallest absolute Gasteiger partial charge is 0.408 e. The minimum atomic E-state index is -1.11. The Kier molecular flexibility index (Phi) is 4.60. The quantitative estimate of drug-likeness (QED) is 0.777. The Balaban J connectivity index is 1.63. The van der Waals surface area contributed by atoms with Crippen LogP contribution in [0.15, 0.2) is 42.6 Å². The van der Waals surface area contributed by atoms with Crippen LogP contribution in [0.2, 0.25) is 0 Å². The van der Waals surface area contributed by atoms with E-state index in [-0.39, 0.29) is 18.6 Å². The molecule has 1 unspecified atom stereocenters. The summed E-state index contributed by atoms with van der Waals surface area (Å²) in [6.45, 7) is 0.0856. The molecule has 0 bridgehead atoms. The number of carboxylic acids is 1. The second kappa shape index (κ2) is 7.00. The van der Waals surface area contributed by atoms with Crippen LogP contribution in [-0.2, 0) is 22.6 Å². The lowest BCUT2D eigenvalue weighted by molar-refractivity contribution is -0.118. The van der Waals surface area contributed by atoms with E-state index in [1.807, 2.05) is 30.3 Å². The van der Waals surface area contributed by atoms with Crippen LogP contribution in [0.5, 0.6) is 0 Å². The summed E-state index contributed by atoms with van der Waals surface area (Å²) >= 11 is 0. The van der Waals surface area contributed by atoms with Gasteiger partial charge >= 0.3 is 12.1 Å². The van der Waals surface area contributed by atoms with Crippen LogP contribution >= 0.6 is 0 Å². The van der Waals surface area contributed by atoms with Crippen molar-refractivity contribution in [2.45, 2.75) is 19.1 Å². The Hall–Kier alpha value is -3.42. The number of nitrogens with zero attached hydrogens (tertiary/aromatic N) is 1. The molecule has 0 fully saturated rings. The zero-order valence-electron chi connectivity index (χ0n) is 13.1. The SMILES string of the molecule is O=C(NC1Cc2cc(C(=O)O)cnc2NC1=O)OCc1ccccc1. The van der Waals surface area contributed by atoms with Crippen molar-refractivity contribution in [1.29, 1.82) is 0 Å². The third kappa shape index (κ3) is 3.92. The number of hydrogen-bond acceptors (Lipinski definition) is 5. The molecule has 1 aromatic heterocycles. The van der Waals surface area contributed by atoms with E-state index in [0.29, 0.717) is 11.4 Å². The molecular formula is C17H15N3O5. The summed E-state index contributed by atoms with van der Waals surface area (Å²) in [5.41, 5.74) is 1.37. The predicted molar refractivity (Wildman–Crippen MR) is 87.1 cm³/mol. The van der Waals surface area contributed by atoms with Gasteiger partial charge in [-0.1, -0.05) is 30.3 Å². The number of carboxylic acid groups (broad SMARTS) is 1. The van der Waals surface area contributed by atoms with Crippen molar-refractivity contribution in [2.24, 2.45) is 0 Å². The highest BCUT2D eigenvalue weighted by Gasteiger charge is 2.29. The summed E-state index contributed by atoms with van der Waals surface area (Å²) in [5, 5.41) is 14.0. The third-order valence-corrected chi connectivity index (χ3v) is 3.70. The number of benzene rings is 1. The van der Waals surface area contributed by atoms with Gasteiger partial charge in [-0.25, -0.2) is 14.6 Å². The summed E-state index contributed by atoms with van der Waals surface area (Å²) in [4.78, 5) is 38.9. The summed E-state index contributed by atoms with van der Waals surface area (Å²) in [5.74, 6) is -1.25. The molecule has 0 spiro atoms. The Morgan fingerprint density at radius 2 is 2.08 bits per heavy atom. The zero-order valence-corrected chi connectivity index (χ0v) is 13.1. The van der Waals surface area contributed by atoms with Gasteiger partial charge < -0.3 is 20.5 Å². The number of carbonyl (C=O) groups is 3. The predicted octanol–water partition coefficient (Wildman–Crippen LogP) is 1.57. The lowest BCUT2D eigenvalue weighted by Crippen LogP contribution is -2.48. The largest absolute Gasteiger partial charge is 0.478 e. The molecule has 2 heterocycles. The molecule has 3 N–H and O–H groups in total. The molecule has 8 heteroatoms. The van der Waals surface area contributed by atoms with E-state index >= 15 is 0 Å². The number of aromatic carboxylic acids is 1. The van der Waals surface area contributed by atoms with Gasteiger partial charge in [0.2, 0.25) is 5.91 Å². The minimum Gasteiger partial charge on any atom is -0.478 e. The average molecular weight is 341 g/mol. The monoisotopic (exact) mass is 341 g/mol. The number of nitrogens with one attached hydrogen (secondary N) is 2. The summed E-state index contributed by atoms with van der Waals surface area (Å²) in [7, 11) is 0. The first-order valence-corrected chi connectivity index (χ1v) is 7.53. The fraction of sp³-hybridized carbons (Fsp3) is 0.176. The van der Waals surface area contributed by atoms with E-state index in [1.165, 1.54) is 12.3 Å². The fourth-order valence-corrected chi connectivity index (χ4v) is 2.44. The Bertz CT molecular complexity index is 822. The molecule has 25 heavy (non-hydrogen) atoms. The summed E-state index contributed by atoms with van der Waals surface area (Å²) in [6.07, 6.45) is 0.578. The van der Waals surface area contributed by atoms with Gasteiger partial charge in [0.15, 0.2) is 0 Å². The Morgan fingerprint density at radius 1 is 1.32 bits per heavy atom. The maximum atomic E-state index is 12.0. The molecule has 2 aromatic rings. The summed E-state index contributed by atoms with van der Waals surface area (Å²) in [6, 6.07) is 9.71. The molecular weight excluding hydrogens is 326 g/mol. The van der Waals surface area contributed by atoms with Crippen molar-refractivity contribution >= 4 is 23.8 Å². The van der Waals surface area contributed by atoms with Gasteiger partial charge in [0, 0.05) is 12.6 Å². The van der Waals surface area contributed by atoms with Crippen LogP contribution < -0.4 is 10.6 Å². The number of ether oxygens (including phenoxy) is 1. The number of anilines is 1. The van der Waals surface area contributed by atoms with E-state index in [4.69, 9.17) is 9.84 Å². The Morgan fingerprint density at radius 3 is 2.80 bits per heavy atom. The molecule has 8 nitrogen and oxygen atoms in total. The molecule has 1 atom stereocenters. The molecule has 128 valence electrons. The lowest BCUT2D eigenvalue weighted by atomic mass is 10.0. The highest BCUT2D eigenvalue weighted by Crippen LogP contribution is 2.21. The van der Waals surface area contributed by atoms with Crippen LogP contribution in [0.4, 0.5) is 10.6 Å². The van der Waals surface area contributed by atoms with Gasteiger partial charge in [-0.05, 0) is 17.2 Å². The first-order valence-electron chi connectivity index (χ1n) is 7.53. The first-order chi connectivity index (χ1) is 12.0. The fourth-order valence-electron chi connectivity index (χ4n) is 2.44. The van der Waals surface area contributed by atoms with Crippen molar-refractivity contribution in [1.82, 2.24) is 10.3 Å². The summed E-state index contributed by atoms with van der Waals surface area (Å²) < 4.78 is 5.09. The van der Waals surface area contributed by atoms with E-state index < -0.39 is 24.0 Å². The molecule has 0 saturated carbocycles. The number of amides is 2. The van der Waals surface area contributed by atoms with Gasteiger partial charge in [-0.15, -0.1) is 0 Å². The highest BCUT2D eigenvalue weighted by molar-refractivity contribution is 5.99. The molecule has 1 aliphatic rings. The topological polar surface area (TPSA) is 118 Å². The van der Waals surface area contributed by atoms with E-state index in [2.05, 4.69) is 15.6 Å². The van der Waals surface area contributed by atoms with Crippen LogP contribution in [-0.4, -0.2) is 34.1 Å². The number of pyridine rings is 1. The van der Waals surface area contributed by atoms with Crippen LogP contribution in [0.25, 0.3) is 0 Å². The van der Waals surface area contributed by atoms with E-state index in [0.717, 1.165) is 5.56 Å².